The molecule has 0 saturated carbocycles. The van der Waals surface area contributed by atoms with Crippen molar-refractivity contribution in [2.75, 3.05) is 25.1 Å². The first-order valence-electron chi connectivity index (χ1n) is 12.9. The van der Waals surface area contributed by atoms with Crippen molar-refractivity contribution in [3.63, 3.8) is 0 Å². The van der Waals surface area contributed by atoms with E-state index in [1.807, 2.05) is 19.1 Å². The average Bonchev–Trinajstić information content (AvgIpc) is 2.96. The maximum atomic E-state index is 13.3. The highest BCUT2D eigenvalue weighted by atomic mass is 127. The van der Waals surface area contributed by atoms with E-state index in [9.17, 15) is 9.90 Å². The van der Waals surface area contributed by atoms with Crippen LogP contribution in [0.1, 0.15) is 25.3 Å². The fraction of sp³-hybridized carbons (Fsp3) is 0.357. The fourth-order valence-corrected chi connectivity index (χ4v) is 6.98. The van der Waals surface area contributed by atoms with Crippen LogP contribution in [0.5, 0.6) is 5.75 Å². The Hall–Kier alpha value is -2.45. The predicted molar refractivity (Wildman–Crippen MR) is 167 cm³/mol. The number of fused-ring (bicyclic) bond motifs is 1. The number of phenols is 1. The first kappa shape index (κ1) is 29.1. The van der Waals surface area contributed by atoms with Crippen LogP contribution in [0.25, 0.3) is 10.9 Å². The minimum absolute atomic E-state index is 0.00141. The summed E-state index contributed by atoms with van der Waals surface area (Å²) >= 11 is 10.6. The molecule has 1 fully saturated rings. The predicted octanol–water partition coefficient (Wildman–Crippen LogP) is 4.88. The van der Waals surface area contributed by atoms with E-state index in [4.69, 9.17) is 22.1 Å². The lowest BCUT2D eigenvalue weighted by atomic mass is 9.87. The number of benzene rings is 2. The largest absolute Gasteiger partial charge is 0.508 e. The molecule has 0 spiro atoms. The van der Waals surface area contributed by atoms with Crippen LogP contribution in [0.3, 0.4) is 0 Å². The minimum Gasteiger partial charge on any atom is -0.508 e. The maximum absolute atomic E-state index is 13.3. The SMILES string of the molecule is CO[C@@H](C)[C@@H](N)C1(I)CCN(c2cnc(Sc3ccc4ncn(Cc5cccc(O)c5)c(=O)c4c3Cl)cn2)CC1. The monoisotopic (exact) mass is 692 g/mol. The minimum atomic E-state index is -0.252. The molecule has 3 heterocycles. The first-order chi connectivity index (χ1) is 19.2. The number of hydrogen-bond donors (Lipinski definition) is 2. The summed E-state index contributed by atoms with van der Waals surface area (Å²) < 4.78 is 6.93. The smallest absolute Gasteiger partial charge is 0.263 e. The molecule has 40 heavy (non-hydrogen) atoms. The second-order valence-electron chi connectivity index (χ2n) is 9.92. The number of ether oxygens (including phenoxy) is 1. The molecule has 3 N–H and O–H groups in total. The van der Waals surface area contributed by atoms with Gasteiger partial charge in [0.1, 0.15) is 16.6 Å². The van der Waals surface area contributed by atoms with E-state index in [0.717, 1.165) is 37.3 Å². The van der Waals surface area contributed by atoms with Crippen LogP contribution in [0.15, 0.2) is 69.8 Å². The zero-order valence-electron chi connectivity index (χ0n) is 22.1. The van der Waals surface area contributed by atoms with E-state index in [0.29, 0.717) is 25.8 Å². The van der Waals surface area contributed by atoms with Crippen molar-refractivity contribution in [2.45, 2.75) is 51.8 Å². The Morgan fingerprint density at radius 1 is 1.20 bits per heavy atom. The quantitative estimate of drug-likeness (QED) is 0.197. The number of halogens is 2. The molecule has 2 aromatic heterocycles. The summed E-state index contributed by atoms with van der Waals surface area (Å²) in [7, 11) is 1.70. The number of nitrogens with two attached hydrogens (primary N) is 1. The number of aromatic nitrogens is 4. The van der Waals surface area contributed by atoms with Gasteiger partial charge in [0.2, 0.25) is 0 Å². The number of nitrogens with zero attached hydrogens (tertiary/aromatic N) is 5. The van der Waals surface area contributed by atoms with Gasteiger partial charge < -0.3 is 20.5 Å². The molecule has 0 bridgehead atoms. The molecular formula is C28H30ClIN6O3S. The van der Waals surface area contributed by atoms with Gasteiger partial charge in [0.05, 0.1) is 47.3 Å². The van der Waals surface area contributed by atoms with Gasteiger partial charge in [-0.3, -0.25) is 9.36 Å². The van der Waals surface area contributed by atoms with E-state index in [2.05, 4.69) is 42.4 Å². The third-order valence-electron chi connectivity index (χ3n) is 7.38. The lowest BCUT2D eigenvalue weighted by Crippen LogP contribution is -2.55. The van der Waals surface area contributed by atoms with Crippen LogP contribution in [-0.2, 0) is 11.3 Å². The van der Waals surface area contributed by atoms with Crippen LogP contribution in [0.4, 0.5) is 5.82 Å². The molecule has 0 aliphatic carbocycles. The molecule has 9 nitrogen and oxygen atoms in total. The fourth-order valence-electron chi connectivity index (χ4n) is 4.87. The van der Waals surface area contributed by atoms with Gasteiger partial charge >= 0.3 is 0 Å². The van der Waals surface area contributed by atoms with E-state index in [-0.39, 0.29) is 33.4 Å². The van der Waals surface area contributed by atoms with Gasteiger partial charge in [0.25, 0.3) is 5.56 Å². The zero-order chi connectivity index (χ0) is 28.4. The maximum Gasteiger partial charge on any atom is 0.263 e. The lowest BCUT2D eigenvalue weighted by Gasteiger charge is -2.43. The van der Waals surface area contributed by atoms with Crippen molar-refractivity contribution in [1.29, 1.82) is 0 Å². The molecule has 5 rings (SSSR count). The molecule has 1 aliphatic heterocycles. The van der Waals surface area contributed by atoms with E-state index in [1.165, 1.54) is 22.7 Å². The third kappa shape index (κ3) is 6.08. The first-order valence-corrected chi connectivity index (χ1v) is 15.1. The van der Waals surface area contributed by atoms with Gasteiger partial charge in [-0.1, -0.05) is 58.1 Å². The van der Waals surface area contributed by atoms with Gasteiger partial charge in [0, 0.05) is 34.6 Å². The van der Waals surface area contributed by atoms with Crippen LogP contribution < -0.4 is 16.2 Å². The van der Waals surface area contributed by atoms with Crippen molar-refractivity contribution in [3.8, 4) is 5.75 Å². The summed E-state index contributed by atoms with van der Waals surface area (Å²) in [6.07, 6.45) is 6.87. The van der Waals surface area contributed by atoms with E-state index in [1.54, 1.807) is 43.8 Å². The summed E-state index contributed by atoms with van der Waals surface area (Å²) in [5.41, 5.74) is 7.54. The molecular weight excluding hydrogens is 663 g/mol. The molecule has 4 aromatic rings. The van der Waals surface area contributed by atoms with E-state index < -0.39 is 0 Å². The summed E-state index contributed by atoms with van der Waals surface area (Å²) in [4.78, 5) is 30.0. The van der Waals surface area contributed by atoms with E-state index >= 15 is 0 Å². The highest BCUT2D eigenvalue weighted by molar-refractivity contribution is 14.1. The number of methoxy groups -OCH3 is 1. The Morgan fingerprint density at radius 2 is 1.98 bits per heavy atom. The molecule has 210 valence electrons. The number of anilines is 1. The van der Waals surface area contributed by atoms with Gasteiger partial charge in [-0.05, 0) is 49.6 Å². The molecule has 0 amide bonds. The summed E-state index contributed by atoms with van der Waals surface area (Å²) in [6, 6.07) is 10.4. The van der Waals surface area contributed by atoms with Crippen molar-refractivity contribution in [1.82, 2.24) is 19.5 Å². The number of aromatic hydroxyl groups is 1. The van der Waals surface area contributed by atoms with Crippen LogP contribution in [-0.4, -0.2) is 60.4 Å². The van der Waals surface area contributed by atoms with Crippen LogP contribution in [0, 0.1) is 0 Å². The molecule has 0 radical (unpaired) electrons. The highest BCUT2D eigenvalue weighted by Crippen LogP contribution is 2.38. The Kier molecular flexibility index (Phi) is 8.86. The Labute approximate surface area is 255 Å². The number of rotatable bonds is 8. The topological polar surface area (TPSA) is 119 Å². The average molecular weight is 693 g/mol. The van der Waals surface area contributed by atoms with Gasteiger partial charge in [-0.25, -0.2) is 15.0 Å². The van der Waals surface area contributed by atoms with Crippen molar-refractivity contribution < 1.29 is 9.84 Å². The van der Waals surface area contributed by atoms with Crippen LogP contribution >= 0.6 is 46.0 Å². The summed E-state index contributed by atoms with van der Waals surface area (Å²) in [5.74, 6) is 0.960. The third-order valence-corrected chi connectivity index (χ3v) is 10.7. The number of alkyl halides is 1. The Bertz CT molecular complexity index is 1560. The Balaban J connectivity index is 1.30. The molecule has 2 aromatic carbocycles. The number of piperidine rings is 1. The lowest BCUT2D eigenvalue weighted by molar-refractivity contribution is 0.0811. The number of hydrogen-bond acceptors (Lipinski definition) is 9. The zero-order valence-corrected chi connectivity index (χ0v) is 25.9. The second-order valence-corrected chi connectivity index (χ2v) is 13.5. The number of phenolic OH excluding ortho intramolecular Hbond substituents is 1. The van der Waals surface area contributed by atoms with Gasteiger partial charge in [-0.15, -0.1) is 0 Å². The highest BCUT2D eigenvalue weighted by Gasteiger charge is 2.40. The summed E-state index contributed by atoms with van der Waals surface area (Å²) in [6.45, 7) is 3.97. The van der Waals surface area contributed by atoms with Gasteiger partial charge in [-0.2, -0.15) is 0 Å². The molecule has 2 atom stereocenters. The molecule has 1 aliphatic rings. The standard InChI is InChI=1S/C28H30ClIN6O3S/c1-17(39-2)26(31)28(30)8-10-35(11-9-28)22-13-33-23(14-32-22)40-21-7-6-20-24(25(21)29)27(38)36(16-34-20)15-18-4-3-5-19(37)12-18/h3-7,12-14,16-17,26,37H,8-11,15,31H2,1-2H3/t17-,26+/m0/s1. The molecule has 0 unspecified atom stereocenters. The van der Waals surface area contributed by atoms with Gasteiger partial charge in [0.15, 0.2) is 0 Å². The Morgan fingerprint density at radius 3 is 2.65 bits per heavy atom. The summed E-state index contributed by atoms with van der Waals surface area (Å²) in [5, 5.41) is 11.1. The normalized spacial score (nSPS) is 16.7. The van der Waals surface area contributed by atoms with Crippen molar-refractivity contribution >= 4 is 62.7 Å². The molecule has 12 heteroatoms. The second kappa shape index (κ2) is 12.2. The van der Waals surface area contributed by atoms with Crippen LogP contribution in [0.2, 0.25) is 5.02 Å². The van der Waals surface area contributed by atoms with Crippen molar-refractivity contribution in [2.24, 2.45) is 5.73 Å². The van der Waals surface area contributed by atoms with Crippen molar-refractivity contribution in [3.05, 3.63) is 76.1 Å². The molecule has 1 saturated heterocycles.